The van der Waals surface area contributed by atoms with Crippen molar-refractivity contribution in [3.8, 4) is 5.75 Å². The summed E-state index contributed by atoms with van der Waals surface area (Å²) in [5.41, 5.74) is 0.132. The lowest BCUT2D eigenvalue weighted by Gasteiger charge is -2.45. The first-order valence-electron chi connectivity index (χ1n) is 8.51. The van der Waals surface area contributed by atoms with Crippen molar-refractivity contribution in [3.63, 3.8) is 0 Å². The Hall–Kier alpha value is -2.82. The topological polar surface area (TPSA) is 99.2 Å². The van der Waals surface area contributed by atoms with Crippen molar-refractivity contribution in [1.29, 1.82) is 0 Å². The molecule has 2 fully saturated rings. The van der Waals surface area contributed by atoms with E-state index in [2.05, 4.69) is 10.1 Å². The fourth-order valence-corrected chi connectivity index (χ4v) is 3.25. The summed E-state index contributed by atoms with van der Waals surface area (Å²) >= 11 is 0. The van der Waals surface area contributed by atoms with Crippen LogP contribution in [0.15, 0.2) is 24.3 Å². The largest absolute Gasteiger partial charge is 0.573 e. The number of nitrogens with one attached hydrogen (secondary N) is 1. The van der Waals surface area contributed by atoms with Crippen molar-refractivity contribution >= 4 is 17.7 Å². The standard InChI is InChI=1S/C17H18F3N3O5/c1-9(24)13-16(27)23-7-6-22(8-12(23)14(25)21-13)15(26)10-2-4-11(5-3-10)28-17(18,19)20/h2-5,9,12-13,24H,6-8H2,1H3,(H,21,25)/t9-,12-,13+/m1/s1. The fourth-order valence-electron chi connectivity index (χ4n) is 3.25. The molecule has 0 aromatic heterocycles. The summed E-state index contributed by atoms with van der Waals surface area (Å²) in [5, 5.41) is 12.1. The molecule has 28 heavy (non-hydrogen) atoms. The van der Waals surface area contributed by atoms with Gasteiger partial charge in [0.2, 0.25) is 11.8 Å². The number of piperazine rings is 2. The van der Waals surface area contributed by atoms with Crippen molar-refractivity contribution in [2.24, 2.45) is 0 Å². The van der Waals surface area contributed by atoms with Crippen LogP contribution in [0.2, 0.25) is 0 Å². The Kier molecular flexibility index (Phi) is 5.20. The molecular weight excluding hydrogens is 383 g/mol. The van der Waals surface area contributed by atoms with Gasteiger partial charge >= 0.3 is 6.36 Å². The van der Waals surface area contributed by atoms with E-state index in [-0.39, 0.29) is 25.2 Å². The predicted octanol–water partition coefficient (Wildman–Crippen LogP) is 0.117. The summed E-state index contributed by atoms with van der Waals surface area (Å²) in [6, 6.07) is 2.55. The Morgan fingerprint density at radius 2 is 1.89 bits per heavy atom. The lowest BCUT2D eigenvalue weighted by Crippen LogP contribution is -2.71. The lowest BCUT2D eigenvalue weighted by molar-refractivity contribution is -0.274. The molecule has 0 aliphatic carbocycles. The van der Waals surface area contributed by atoms with E-state index in [1.54, 1.807) is 0 Å². The SMILES string of the molecule is C[C@@H](O)[C@@H]1NC(=O)[C@H]2CN(C(=O)c3ccc(OC(F)(F)F)cc3)CCN2C1=O. The number of amides is 3. The van der Waals surface area contributed by atoms with Crippen LogP contribution in [0.25, 0.3) is 0 Å². The zero-order chi connectivity index (χ0) is 20.6. The molecule has 0 spiro atoms. The van der Waals surface area contributed by atoms with E-state index in [1.807, 2.05) is 0 Å². The van der Waals surface area contributed by atoms with Crippen molar-refractivity contribution in [2.45, 2.75) is 31.5 Å². The zero-order valence-corrected chi connectivity index (χ0v) is 14.8. The van der Waals surface area contributed by atoms with Gasteiger partial charge in [0.25, 0.3) is 5.91 Å². The fraction of sp³-hybridized carbons (Fsp3) is 0.471. The first kappa shape index (κ1) is 19.9. The van der Waals surface area contributed by atoms with Crippen molar-refractivity contribution in [1.82, 2.24) is 15.1 Å². The highest BCUT2D eigenvalue weighted by Crippen LogP contribution is 2.24. The van der Waals surface area contributed by atoms with Gasteiger partial charge in [-0.05, 0) is 31.2 Å². The van der Waals surface area contributed by atoms with Crippen LogP contribution < -0.4 is 10.1 Å². The molecule has 3 rings (SSSR count). The Labute approximate surface area is 157 Å². The first-order valence-corrected chi connectivity index (χ1v) is 8.51. The monoisotopic (exact) mass is 401 g/mol. The number of alkyl halides is 3. The van der Waals surface area contributed by atoms with Gasteiger partial charge in [-0.15, -0.1) is 13.2 Å². The molecular formula is C17H18F3N3O5. The Morgan fingerprint density at radius 1 is 1.25 bits per heavy atom. The van der Waals surface area contributed by atoms with Crippen LogP contribution in [0, 0.1) is 0 Å². The van der Waals surface area contributed by atoms with Crippen molar-refractivity contribution < 1.29 is 37.4 Å². The van der Waals surface area contributed by atoms with Crippen LogP contribution in [0.4, 0.5) is 13.2 Å². The molecule has 2 aliphatic heterocycles. The normalized spacial score (nSPS) is 23.8. The van der Waals surface area contributed by atoms with Gasteiger partial charge in [-0.2, -0.15) is 0 Å². The maximum atomic E-state index is 12.6. The van der Waals surface area contributed by atoms with Crippen LogP contribution in [0.3, 0.4) is 0 Å². The Bertz CT molecular complexity index is 781. The van der Waals surface area contributed by atoms with E-state index in [4.69, 9.17) is 0 Å². The minimum absolute atomic E-state index is 0.0518. The van der Waals surface area contributed by atoms with E-state index < -0.39 is 48.0 Å². The van der Waals surface area contributed by atoms with E-state index in [0.29, 0.717) is 0 Å². The van der Waals surface area contributed by atoms with Crippen LogP contribution in [-0.2, 0) is 9.59 Å². The highest BCUT2D eigenvalue weighted by molar-refractivity contribution is 5.99. The predicted molar refractivity (Wildman–Crippen MR) is 88.1 cm³/mol. The second-order valence-electron chi connectivity index (χ2n) is 6.60. The molecule has 2 aliphatic rings. The Balaban J connectivity index is 1.69. The molecule has 0 saturated carbocycles. The second-order valence-corrected chi connectivity index (χ2v) is 6.60. The number of aliphatic hydroxyl groups excluding tert-OH is 1. The van der Waals surface area contributed by atoms with Gasteiger partial charge in [0.15, 0.2) is 0 Å². The zero-order valence-electron chi connectivity index (χ0n) is 14.8. The molecule has 2 N–H and O–H groups in total. The molecule has 1 aromatic carbocycles. The molecule has 0 unspecified atom stereocenters. The molecule has 3 amide bonds. The average Bonchev–Trinajstić information content (AvgIpc) is 2.63. The van der Waals surface area contributed by atoms with Crippen molar-refractivity contribution in [2.75, 3.05) is 19.6 Å². The summed E-state index contributed by atoms with van der Waals surface area (Å²) < 4.78 is 40.4. The number of ether oxygens (including phenoxy) is 1. The number of carbonyl (C=O) groups excluding carboxylic acids is 3. The van der Waals surface area contributed by atoms with Crippen LogP contribution in [0.1, 0.15) is 17.3 Å². The quantitative estimate of drug-likeness (QED) is 0.750. The summed E-state index contributed by atoms with van der Waals surface area (Å²) in [6.07, 6.45) is -5.87. The summed E-state index contributed by atoms with van der Waals surface area (Å²) in [5.74, 6) is -1.82. The smallest absolute Gasteiger partial charge is 0.406 e. The highest BCUT2D eigenvalue weighted by Gasteiger charge is 2.45. The third-order valence-electron chi connectivity index (χ3n) is 4.63. The molecule has 11 heteroatoms. The van der Waals surface area contributed by atoms with Gasteiger partial charge in [0, 0.05) is 18.7 Å². The van der Waals surface area contributed by atoms with Gasteiger partial charge in [0.05, 0.1) is 12.6 Å². The summed E-state index contributed by atoms with van der Waals surface area (Å²) in [6.45, 7) is 1.61. The molecule has 8 nitrogen and oxygen atoms in total. The van der Waals surface area contributed by atoms with E-state index in [0.717, 1.165) is 12.1 Å². The number of benzene rings is 1. The number of hydrogen-bond donors (Lipinski definition) is 2. The lowest BCUT2D eigenvalue weighted by atomic mass is 10.0. The highest BCUT2D eigenvalue weighted by atomic mass is 19.4. The first-order chi connectivity index (χ1) is 13.1. The minimum atomic E-state index is -4.83. The number of aliphatic hydroxyl groups is 1. The number of nitrogens with zero attached hydrogens (tertiary/aromatic N) is 2. The van der Waals surface area contributed by atoms with Crippen LogP contribution in [0.5, 0.6) is 5.75 Å². The van der Waals surface area contributed by atoms with E-state index in [1.165, 1.54) is 28.9 Å². The number of fused-ring (bicyclic) bond motifs is 1. The van der Waals surface area contributed by atoms with Crippen molar-refractivity contribution in [3.05, 3.63) is 29.8 Å². The number of rotatable bonds is 3. The molecule has 1 aromatic rings. The number of hydrogen-bond acceptors (Lipinski definition) is 5. The molecule has 0 radical (unpaired) electrons. The number of carbonyl (C=O) groups is 3. The molecule has 2 saturated heterocycles. The average molecular weight is 401 g/mol. The summed E-state index contributed by atoms with van der Waals surface area (Å²) in [7, 11) is 0. The molecule has 152 valence electrons. The third-order valence-corrected chi connectivity index (χ3v) is 4.63. The van der Waals surface area contributed by atoms with Crippen LogP contribution >= 0.6 is 0 Å². The van der Waals surface area contributed by atoms with Gasteiger partial charge in [-0.25, -0.2) is 0 Å². The van der Waals surface area contributed by atoms with E-state index >= 15 is 0 Å². The van der Waals surface area contributed by atoms with E-state index in [9.17, 15) is 32.7 Å². The van der Waals surface area contributed by atoms with Gasteiger partial charge < -0.3 is 25.0 Å². The number of halogens is 3. The third kappa shape index (κ3) is 4.03. The summed E-state index contributed by atoms with van der Waals surface area (Å²) in [4.78, 5) is 40.0. The minimum Gasteiger partial charge on any atom is -0.406 e. The molecule has 3 atom stereocenters. The second kappa shape index (κ2) is 7.30. The van der Waals surface area contributed by atoms with Crippen LogP contribution in [-0.4, -0.2) is 76.8 Å². The van der Waals surface area contributed by atoms with Gasteiger partial charge in [0.1, 0.15) is 17.8 Å². The molecule has 2 heterocycles. The maximum absolute atomic E-state index is 12.6. The van der Waals surface area contributed by atoms with Gasteiger partial charge in [-0.1, -0.05) is 0 Å². The Morgan fingerprint density at radius 3 is 2.46 bits per heavy atom. The maximum Gasteiger partial charge on any atom is 0.573 e. The molecule has 0 bridgehead atoms. The van der Waals surface area contributed by atoms with Gasteiger partial charge in [-0.3, -0.25) is 14.4 Å².